The van der Waals surface area contributed by atoms with Gasteiger partial charge in [0.05, 0.1) is 30.5 Å². The van der Waals surface area contributed by atoms with E-state index < -0.39 is 35.0 Å². The molecule has 1 aromatic carbocycles. The number of carboxylic acids is 1. The Labute approximate surface area is 232 Å². The van der Waals surface area contributed by atoms with E-state index in [1.54, 1.807) is 19.2 Å². The number of esters is 1. The number of benzene rings is 1. The minimum atomic E-state index is -5.08. The summed E-state index contributed by atoms with van der Waals surface area (Å²) >= 11 is 0. The normalized spacial score (nSPS) is 11.2. The molecule has 0 spiro atoms. The van der Waals surface area contributed by atoms with Gasteiger partial charge in [0.15, 0.2) is 0 Å². The molecule has 0 fully saturated rings. The Morgan fingerprint density at radius 3 is 2.41 bits per heavy atom. The number of non-ortho nitro benzene ring substituents is 1. The van der Waals surface area contributed by atoms with Crippen molar-refractivity contribution in [2.45, 2.75) is 45.3 Å². The van der Waals surface area contributed by atoms with Gasteiger partial charge in [-0.3, -0.25) is 24.5 Å². The third-order valence-electron chi connectivity index (χ3n) is 4.99. The smallest absolute Gasteiger partial charge is 0.475 e. The number of carbonyl (C=O) groups is 4. The van der Waals surface area contributed by atoms with Crippen molar-refractivity contribution in [2.24, 2.45) is 0 Å². The Bertz CT molecular complexity index is 1210. The highest BCUT2D eigenvalue weighted by Crippen LogP contribution is 2.22. The van der Waals surface area contributed by atoms with Crippen molar-refractivity contribution in [1.82, 2.24) is 15.6 Å². The van der Waals surface area contributed by atoms with Crippen molar-refractivity contribution in [2.75, 3.05) is 25.0 Å². The van der Waals surface area contributed by atoms with Crippen LogP contribution in [0.2, 0.25) is 0 Å². The largest absolute Gasteiger partial charge is 0.490 e. The molecular weight excluding hydrogens is 555 g/mol. The van der Waals surface area contributed by atoms with Gasteiger partial charge >= 0.3 is 18.1 Å². The standard InChI is InChI=1S/C23H29N5O6.C2HF3O2/c1-3-34-23(31)14-19(17-6-4-7-18(13-17)28(32)33)27-22(30)15-26-21(29)8-5-10-24-20-12-16(2)9-11-25-20;3-2(4,5)1(6)7/h4,6-7,9,11-13,19H,3,5,8,10,14-15H2,1-2H3,(H,24,25)(H,26,29)(H,27,30);(H,6,7)/t19-;/m0./s1. The number of nitrogens with one attached hydrogen (secondary N) is 3. The number of carbonyl (C=O) groups excluding carboxylic acids is 3. The van der Waals surface area contributed by atoms with E-state index in [1.807, 2.05) is 19.1 Å². The van der Waals surface area contributed by atoms with Gasteiger partial charge in [-0.25, -0.2) is 9.78 Å². The quantitative estimate of drug-likeness (QED) is 0.118. The Hall–Kier alpha value is -4.76. The molecule has 2 rings (SSSR count). The van der Waals surface area contributed by atoms with Crippen molar-refractivity contribution in [3.8, 4) is 0 Å². The zero-order valence-corrected chi connectivity index (χ0v) is 22.2. The van der Waals surface area contributed by atoms with Crippen molar-refractivity contribution in [3.63, 3.8) is 0 Å². The summed E-state index contributed by atoms with van der Waals surface area (Å²) in [6, 6.07) is 8.61. The third kappa shape index (κ3) is 14.3. The molecule has 1 aromatic heterocycles. The molecule has 0 unspecified atom stereocenters. The number of nitrogens with zero attached hydrogens (tertiary/aromatic N) is 2. The second kappa shape index (κ2) is 17.0. The molecule has 0 saturated heterocycles. The first-order valence-corrected chi connectivity index (χ1v) is 12.2. The Kier molecular flexibility index (Phi) is 14.2. The molecule has 13 nitrogen and oxygen atoms in total. The zero-order chi connectivity index (χ0) is 31.0. The molecular formula is C25H30F3N5O8. The number of pyridine rings is 1. The summed E-state index contributed by atoms with van der Waals surface area (Å²) < 4.78 is 36.7. The van der Waals surface area contributed by atoms with Gasteiger partial charge in [0.25, 0.3) is 5.69 Å². The van der Waals surface area contributed by atoms with Gasteiger partial charge in [-0.1, -0.05) is 12.1 Å². The van der Waals surface area contributed by atoms with Crippen molar-refractivity contribution in [3.05, 3.63) is 63.8 Å². The molecule has 224 valence electrons. The molecule has 0 aliphatic rings. The monoisotopic (exact) mass is 585 g/mol. The molecule has 2 aromatic rings. The van der Waals surface area contributed by atoms with E-state index in [1.165, 1.54) is 18.2 Å². The van der Waals surface area contributed by atoms with Gasteiger partial charge in [0.2, 0.25) is 11.8 Å². The summed E-state index contributed by atoms with van der Waals surface area (Å²) in [5.41, 5.74) is 1.30. The second-order valence-electron chi connectivity index (χ2n) is 8.31. The summed E-state index contributed by atoms with van der Waals surface area (Å²) in [6.45, 7) is 4.03. The lowest BCUT2D eigenvalue weighted by atomic mass is 10.0. The summed E-state index contributed by atoms with van der Waals surface area (Å²) in [4.78, 5) is 60.0. The van der Waals surface area contributed by atoms with Gasteiger partial charge in [0.1, 0.15) is 5.82 Å². The van der Waals surface area contributed by atoms with Gasteiger partial charge in [0, 0.05) is 31.3 Å². The van der Waals surface area contributed by atoms with Gasteiger partial charge in [-0.2, -0.15) is 13.2 Å². The number of aliphatic carboxylic acids is 1. The van der Waals surface area contributed by atoms with E-state index in [9.17, 15) is 37.7 Å². The molecule has 1 atom stereocenters. The maximum absolute atomic E-state index is 12.4. The third-order valence-corrected chi connectivity index (χ3v) is 4.99. The van der Waals surface area contributed by atoms with Gasteiger partial charge in [-0.15, -0.1) is 0 Å². The number of ether oxygens (including phenoxy) is 1. The maximum Gasteiger partial charge on any atom is 0.490 e. The molecule has 0 saturated carbocycles. The van der Waals surface area contributed by atoms with Crippen LogP contribution in [0.1, 0.15) is 43.4 Å². The van der Waals surface area contributed by atoms with Crippen molar-refractivity contribution in [1.29, 1.82) is 0 Å². The van der Waals surface area contributed by atoms with Crippen LogP contribution < -0.4 is 16.0 Å². The first-order chi connectivity index (χ1) is 19.2. The Morgan fingerprint density at radius 2 is 1.83 bits per heavy atom. The van der Waals surface area contributed by atoms with Crippen LogP contribution in [0.25, 0.3) is 0 Å². The lowest BCUT2D eigenvalue weighted by Crippen LogP contribution is -2.39. The number of hydrogen-bond acceptors (Lipinski definition) is 9. The molecule has 2 amide bonds. The van der Waals surface area contributed by atoms with E-state index in [2.05, 4.69) is 20.9 Å². The lowest BCUT2D eigenvalue weighted by Gasteiger charge is -2.18. The summed E-state index contributed by atoms with van der Waals surface area (Å²) in [7, 11) is 0. The van der Waals surface area contributed by atoms with Crippen LogP contribution in [0.15, 0.2) is 42.6 Å². The first kappa shape index (κ1) is 34.3. The maximum atomic E-state index is 12.4. The summed E-state index contributed by atoms with van der Waals surface area (Å²) in [5.74, 6) is -3.41. The molecule has 0 radical (unpaired) electrons. The lowest BCUT2D eigenvalue weighted by molar-refractivity contribution is -0.384. The average molecular weight is 586 g/mol. The fourth-order valence-electron chi connectivity index (χ4n) is 3.10. The van der Waals surface area contributed by atoms with E-state index in [0.717, 1.165) is 11.4 Å². The molecule has 16 heteroatoms. The Balaban J connectivity index is 0.00000106. The number of amides is 2. The number of nitro groups is 1. The topological polar surface area (TPSA) is 190 Å². The highest BCUT2D eigenvalue weighted by molar-refractivity contribution is 5.85. The van der Waals surface area contributed by atoms with Crippen LogP contribution in [-0.2, 0) is 23.9 Å². The van der Waals surface area contributed by atoms with Crippen LogP contribution in [-0.4, -0.2) is 64.6 Å². The number of hydrogen-bond donors (Lipinski definition) is 4. The van der Waals surface area contributed by atoms with E-state index in [-0.39, 0.29) is 37.6 Å². The highest BCUT2D eigenvalue weighted by atomic mass is 19.4. The van der Waals surface area contributed by atoms with Crippen LogP contribution in [0.3, 0.4) is 0 Å². The van der Waals surface area contributed by atoms with Crippen LogP contribution >= 0.6 is 0 Å². The number of nitro benzene ring substituents is 1. The van der Waals surface area contributed by atoms with E-state index in [0.29, 0.717) is 18.5 Å². The number of alkyl halides is 3. The molecule has 0 aliphatic heterocycles. The number of anilines is 1. The van der Waals surface area contributed by atoms with Crippen LogP contribution in [0.4, 0.5) is 24.7 Å². The second-order valence-corrected chi connectivity index (χ2v) is 8.31. The van der Waals surface area contributed by atoms with E-state index in [4.69, 9.17) is 14.6 Å². The molecule has 0 bridgehead atoms. The number of halogens is 3. The molecule has 1 heterocycles. The number of aryl methyl sites for hydroxylation is 1. The SMILES string of the molecule is CCOC(=O)C[C@H](NC(=O)CNC(=O)CCCNc1cc(C)ccn1)c1cccc([N+](=O)[O-])c1.O=C(O)C(F)(F)F. The highest BCUT2D eigenvalue weighted by Gasteiger charge is 2.38. The van der Waals surface area contributed by atoms with Crippen molar-refractivity contribution >= 4 is 35.3 Å². The zero-order valence-electron chi connectivity index (χ0n) is 22.2. The van der Waals surface area contributed by atoms with Gasteiger partial charge < -0.3 is 25.8 Å². The summed E-state index contributed by atoms with van der Waals surface area (Å²) in [6.07, 6.45) is -2.83. The van der Waals surface area contributed by atoms with Crippen molar-refractivity contribution < 1.29 is 47.1 Å². The summed E-state index contributed by atoms with van der Waals surface area (Å²) in [5, 5.41) is 26.5. The Morgan fingerprint density at radius 1 is 1.15 bits per heavy atom. The van der Waals surface area contributed by atoms with Crippen LogP contribution in [0.5, 0.6) is 0 Å². The molecule has 41 heavy (non-hydrogen) atoms. The molecule has 4 N–H and O–H groups in total. The number of rotatable bonds is 13. The predicted molar refractivity (Wildman–Crippen MR) is 139 cm³/mol. The predicted octanol–water partition coefficient (Wildman–Crippen LogP) is 3.05. The fourth-order valence-corrected chi connectivity index (χ4v) is 3.10. The average Bonchev–Trinajstić information content (AvgIpc) is 2.89. The minimum Gasteiger partial charge on any atom is -0.475 e. The van der Waals surface area contributed by atoms with E-state index >= 15 is 0 Å². The number of carboxylic acid groups (broad SMARTS) is 1. The van der Waals surface area contributed by atoms with Crippen LogP contribution in [0, 0.1) is 17.0 Å². The fraction of sp³-hybridized carbons (Fsp3) is 0.400. The molecule has 0 aliphatic carbocycles. The minimum absolute atomic E-state index is 0.164. The first-order valence-electron chi connectivity index (χ1n) is 12.2. The number of aromatic nitrogens is 1. The van der Waals surface area contributed by atoms with Gasteiger partial charge in [-0.05, 0) is 43.5 Å².